The van der Waals surface area contributed by atoms with Crippen LogP contribution in [0.2, 0.25) is 0 Å². The van der Waals surface area contributed by atoms with Crippen molar-refractivity contribution < 1.29 is 4.79 Å². The highest BCUT2D eigenvalue weighted by Crippen LogP contribution is 2.13. The van der Waals surface area contributed by atoms with E-state index in [1.54, 1.807) is 6.20 Å². The quantitative estimate of drug-likeness (QED) is 0.836. The number of carbonyl (C=O) groups is 1. The lowest BCUT2D eigenvalue weighted by Gasteiger charge is -2.03. The standard InChI is InChI=1S/C10H8IN3O/c11-8-2-1-3-9(4-8)14-10(15)7-5-12-13-6-7/h1-6H,(H,12,13)(H,14,15). The summed E-state index contributed by atoms with van der Waals surface area (Å²) in [4.78, 5) is 11.6. The van der Waals surface area contributed by atoms with Crippen LogP contribution in [0.15, 0.2) is 36.7 Å². The SMILES string of the molecule is O=C(Nc1cccc(I)c1)c1cn[nH]c1. The van der Waals surface area contributed by atoms with Crippen molar-refractivity contribution in [1.29, 1.82) is 0 Å². The molecular formula is C10H8IN3O. The number of halogens is 1. The molecule has 0 saturated heterocycles. The minimum atomic E-state index is -0.161. The van der Waals surface area contributed by atoms with E-state index in [9.17, 15) is 4.79 Å². The molecule has 1 aromatic heterocycles. The molecule has 2 aromatic rings. The van der Waals surface area contributed by atoms with Gasteiger partial charge in [-0.05, 0) is 40.8 Å². The second-order valence-electron chi connectivity index (χ2n) is 2.95. The number of carbonyl (C=O) groups excluding carboxylic acids is 1. The zero-order valence-corrected chi connectivity index (χ0v) is 9.86. The second-order valence-corrected chi connectivity index (χ2v) is 4.20. The van der Waals surface area contributed by atoms with Crippen LogP contribution in [0.5, 0.6) is 0 Å². The first-order valence-corrected chi connectivity index (χ1v) is 5.39. The third kappa shape index (κ3) is 2.56. The van der Waals surface area contributed by atoms with Crippen molar-refractivity contribution in [1.82, 2.24) is 10.2 Å². The number of H-pyrrole nitrogens is 1. The second kappa shape index (κ2) is 4.43. The number of amides is 1. The number of hydrogen-bond donors (Lipinski definition) is 2. The summed E-state index contributed by atoms with van der Waals surface area (Å²) < 4.78 is 1.08. The Kier molecular flexibility index (Phi) is 3.00. The van der Waals surface area contributed by atoms with Crippen molar-refractivity contribution in [2.75, 3.05) is 5.32 Å². The van der Waals surface area contributed by atoms with Gasteiger partial charge in [0.15, 0.2) is 0 Å². The predicted octanol–water partition coefficient (Wildman–Crippen LogP) is 2.27. The molecule has 2 rings (SSSR count). The van der Waals surface area contributed by atoms with Gasteiger partial charge >= 0.3 is 0 Å². The normalized spacial score (nSPS) is 9.93. The summed E-state index contributed by atoms with van der Waals surface area (Å²) in [5, 5.41) is 9.09. The number of aromatic amines is 1. The summed E-state index contributed by atoms with van der Waals surface area (Å²) in [5.41, 5.74) is 1.31. The van der Waals surface area contributed by atoms with Gasteiger partial charge in [-0.15, -0.1) is 0 Å². The minimum Gasteiger partial charge on any atom is -0.322 e. The van der Waals surface area contributed by atoms with E-state index in [-0.39, 0.29) is 5.91 Å². The first-order valence-electron chi connectivity index (χ1n) is 4.31. The van der Waals surface area contributed by atoms with Crippen molar-refractivity contribution in [3.05, 3.63) is 45.8 Å². The third-order valence-corrected chi connectivity index (χ3v) is 2.51. The molecule has 0 fully saturated rings. The number of rotatable bonds is 2. The van der Waals surface area contributed by atoms with Gasteiger partial charge in [0.1, 0.15) is 0 Å². The molecule has 0 aliphatic heterocycles. The molecule has 2 N–H and O–H groups in total. The number of nitrogens with one attached hydrogen (secondary N) is 2. The Morgan fingerprint density at radius 2 is 2.33 bits per heavy atom. The molecule has 1 amide bonds. The molecule has 0 saturated carbocycles. The van der Waals surface area contributed by atoms with E-state index in [1.807, 2.05) is 24.3 Å². The van der Waals surface area contributed by atoms with Crippen LogP contribution in [0.1, 0.15) is 10.4 Å². The maximum Gasteiger partial charge on any atom is 0.258 e. The Balaban J connectivity index is 2.13. The van der Waals surface area contributed by atoms with E-state index in [0.717, 1.165) is 9.26 Å². The molecule has 1 heterocycles. The van der Waals surface area contributed by atoms with Gasteiger partial charge in [-0.25, -0.2) is 0 Å². The minimum absolute atomic E-state index is 0.161. The van der Waals surface area contributed by atoms with E-state index in [0.29, 0.717) is 5.56 Å². The highest BCUT2D eigenvalue weighted by Gasteiger charge is 2.06. The van der Waals surface area contributed by atoms with Crippen molar-refractivity contribution in [3.8, 4) is 0 Å². The van der Waals surface area contributed by atoms with E-state index in [1.165, 1.54) is 6.20 Å². The topological polar surface area (TPSA) is 57.8 Å². The highest BCUT2D eigenvalue weighted by molar-refractivity contribution is 14.1. The molecule has 1 aromatic carbocycles. The van der Waals surface area contributed by atoms with Crippen LogP contribution in [0.3, 0.4) is 0 Å². The Morgan fingerprint density at radius 1 is 1.47 bits per heavy atom. The molecule has 0 spiro atoms. The van der Waals surface area contributed by atoms with Gasteiger partial charge in [-0.3, -0.25) is 9.89 Å². The summed E-state index contributed by atoms with van der Waals surface area (Å²) >= 11 is 2.20. The number of hydrogen-bond acceptors (Lipinski definition) is 2. The molecule has 0 atom stereocenters. The van der Waals surface area contributed by atoms with Crippen molar-refractivity contribution in [2.24, 2.45) is 0 Å². The van der Waals surface area contributed by atoms with E-state index >= 15 is 0 Å². The van der Waals surface area contributed by atoms with Crippen molar-refractivity contribution in [2.45, 2.75) is 0 Å². The number of benzene rings is 1. The molecule has 5 heteroatoms. The molecule has 0 aliphatic rings. The fourth-order valence-electron chi connectivity index (χ4n) is 1.14. The molecule has 0 radical (unpaired) electrons. The lowest BCUT2D eigenvalue weighted by molar-refractivity contribution is 0.102. The van der Waals surface area contributed by atoms with Gasteiger partial charge in [0.05, 0.1) is 11.8 Å². The molecule has 0 bridgehead atoms. The van der Waals surface area contributed by atoms with Crippen LogP contribution >= 0.6 is 22.6 Å². The summed E-state index contributed by atoms with van der Waals surface area (Å²) in [6, 6.07) is 7.61. The number of anilines is 1. The Bertz CT molecular complexity index is 467. The van der Waals surface area contributed by atoms with Crippen LogP contribution in [0.4, 0.5) is 5.69 Å². The van der Waals surface area contributed by atoms with E-state index in [2.05, 4.69) is 38.1 Å². The van der Waals surface area contributed by atoms with E-state index in [4.69, 9.17) is 0 Å². The lowest BCUT2D eigenvalue weighted by atomic mass is 10.3. The van der Waals surface area contributed by atoms with Crippen molar-refractivity contribution in [3.63, 3.8) is 0 Å². The maximum atomic E-state index is 11.6. The lowest BCUT2D eigenvalue weighted by Crippen LogP contribution is -2.10. The molecule has 0 unspecified atom stereocenters. The van der Waals surface area contributed by atoms with Crippen LogP contribution in [0, 0.1) is 3.57 Å². The molecule has 15 heavy (non-hydrogen) atoms. The maximum absolute atomic E-state index is 11.6. The molecule has 0 aliphatic carbocycles. The first kappa shape index (κ1) is 10.2. The van der Waals surface area contributed by atoms with Crippen LogP contribution in [-0.2, 0) is 0 Å². The van der Waals surface area contributed by atoms with Crippen LogP contribution < -0.4 is 5.32 Å². The molecular weight excluding hydrogens is 305 g/mol. The van der Waals surface area contributed by atoms with Gasteiger partial charge in [0.25, 0.3) is 5.91 Å². The largest absolute Gasteiger partial charge is 0.322 e. The van der Waals surface area contributed by atoms with Gasteiger partial charge < -0.3 is 5.32 Å². The van der Waals surface area contributed by atoms with Gasteiger partial charge in [-0.2, -0.15) is 5.10 Å². The van der Waals surface area contributed by atoms with Gasteiger partial charge in [-0.1, -0.05) is 6.07 Å². The average molecular weight is 313 g/mol. The highest BCUT2D eigenvalue weighted by atomic mass is 127. The smallest absolute Gasteiger partial charge is 0.258 e. The zero-order valence-electron chi connectivity index (χ0n) is 7.70. The summed E-state index contributed by atoms with van der Waals surface area (Å²) in [6.07, 6.45) is 3.05. The van der Waals surface area contributed by atoms with Crippen LogP contribution in [0.25, 0.3) is 0 Å². The summed E-state index contributed by atoms with van der Waals surface area (Å²) in [6.45, 7) is 0. The number of nitrogens with zero attached hydrogens (tertiary/aromatic N) is 1. The summed E-state index contributed by atoms with van der Waals surface area (Å²) in [7, 11) is 0. The number of aromatic nitrogens is 2. The Labute approximate surface area is 100 Å². The summed E-state index contributed by atoms with van der Waals surface area (Å²) in [5.74, 6) is -0.161. The zero-order chi connectivity index (χ0) is 10.7. The predicted molar refractivity (Wildman–Crippen MR) is 65.7 cm³/mol. The first-order chi connectivity index (χ1) is 7.25. The Hall–Kier alpha value is -1.37. The molecule has 4 nitrogen and oxygen atoms in total. The fraction of sp³-hybridized carbons (Fsp3) is 0. The Morgan fingerprint density at radius 3 is 3.00 bits per heavy atom. The van der Waals surface area contributed by atoms with Crippen LogP contribution in [-0.4, -0.2) is 16.1 Å². The van der Waals surface area contributed by atoms with Crippen molar-refractivity contribution >= 4 is 34.2 Å². The monoisotopic (exact) mass is 313 g/mol. The molecule has 76 valence electrons. The van der Waals surface area contributed by atoms with Gasteiger partial charge in [0, 0.05) is 15.5 Å². The van der Waals surface area contributed by atoms with Gasteiger partial charge in [0.2, 0.25) is 0 Å². The third-order valence-electron chi connectivity index (χ3n) is 1.84. The fourth-order valence-corrected chi connectivity index (χ4v) is 1.69. The average Bonchev–Trinajstić information content (AvgIpc) is 2.70. The van der Waals surface area contributed by atoms with E-state index < -0.39 is 0 Å².